The standard InChI is InChI=1S/C28H31N9/c1-20-4-2-6-24(31-20)27-29-13-11-25(34-27)33-26-12-14-30-28(35-26)32-22-9-7-21(8-10-22)18-36-16-17-37-15-3-5-23(37)19-36/h2,4,6-14,23H,3,5,15-19H2,1H3,(H2,29,30,32,33,34,35). The summed E-state index contributed by atoms with van der Waals surface area (Å²) in [6.07, 6.45) is 6.13. The summed E-state index contributed by atoms with van der Waals surface area (Å²) >= 11 is 0. The summed E-state index contributed by atoms with van der Waals surface area (Å²) in [5.41, 5.74) is 3.94. The van der Waals surface area contributed by atoms with Gasteiger partial charge in [0.1, 0.15) is 17.3 Å². The van der Waals surface area contributed by atoms with Crippen LogP contribution in [0.25, 0.3) is 11.5 Å². The zero-order valence-electron chi connectivity index (χ0n) is 21.0. The van der Waals surface area contributed by atoms with Crippen molar-refractivity contribution in [1.82, 2.24) is 34.7 Å². The number of pyridine rings is 1. The third-order valence-corrected chi connectivity index (χ3v) is 6.97. The first kappa shape index (κ1) is 23.4. The van der Waals surface area contributed by atoms with Crippen LogP contribution >= 0.6 is 0 Å². The lowest BCUT2D eigenvalue weighted by Crippen LogP contribution is -2.49. The van der Waals surface area contributed by atoms with Crippen molar-refractivity contribution in [3.63, 3.8) is 0 Å². The van der Waals surface area contributed by atoms with Gasteiger partial charge in [0.25, 0.3) is 0 Å². The molecule has 37 heavy (non-hydrogen) atoms. The van der Waals surface area contributed by atoms with Gasteiger partial charge in [-0.2, -0.15) is 4.98 Å². The van der Waals surface area contributed by atoms with Crippen LogP contribution in [0, 0.1) is 6.92 Å². The highest BCUT2D eigenvalue weighted by Gasteiger charge is 2.30. The first-order valence-corrected chi connectivity index (χ1v) is 12.9. The largest absolute Gasteiger partial charge is 0.325 e. The van der Waals surface area contributed by atoms with E-state index in [0.29, 0.717) is 23.4 Å². The van der Waals surface area contributed by atoms with Crippen LogP contribution in [-0.4, -0.2) is 66.9 Å². The van der Waals surface area contributed by atoms with Crippen molar-refractivity contribution in [3.8, 4) is 11.5 Å². The summed E-state index contributed by atoms with van der Waals surface area (Å²) in [5.74, 6) is 2.36. The Morgan fingerprint density at radius 1 is 0.838 bits per heavy atom. The molecule has 2 saturated heterocycles. The van der Waals surface area contributed by atoms with Crippen LogP contribution in [0.15, 0.2) is 67.0 Å². The number of rotatable bonds is 7. The van der Waals surface area contributed by atoms with Gasteiger partial charge in [0.2, 0.25) is 5.95 Å². The van der Waals surface area contributed by atoms with E-state index < -0.39 is 0 Å². The van der Waals surface area contributed by atoms with Gasteiger partial charge in [-0.05, 0) is 68.3 Å². The van der Waals surface area contributed by atoms with E-state index in [1.54, 1.807) is 18.5 Å². The molecule has 1 aromatic carbocycles. The molecule has 0 bridgehead atoms. The molecular formula is C28H31N9. The normalized spacial score (nSPS) is 17.9. The molecule has 9 heteroatoms. The number of aromatic nitrogens is 5. The van der Waals surface area contributed by atoms with Crippen LogP contribution in [0.3, 0.4) is 0 Å². The molecule has 0 amide bonds. The Labute approximate surface area is 217 Å². The van der Waals surface area contributed by atoms with Crippen molar-refractivity contribution in [2.45, 2.75) is 32.4 Å². The summed E-state index contributed by atoms with van der Waals surface area (Å²) in [6.45, 7) is 7.77. The van der Waals surface area contributed by atoms with Crippen molar-refractivity contribution < 1.29 is 0 Å². The van der Waals surface area contributed by atoms with Crippen LogP contribution in [-0.2, 0) is 6.54 Å². The van der Waals surface area contributed by atoms with Crippen LogP contribution < -0.4 is 10.6 Å². The minimum Gasteiger partial charge on any atom is -0.325 e. The molecule has 2 N–H and O–H groups in total. The van der Waals surface area contributed by atoms with Gasteiger partial charge >= 0.3 is 0 Å². The lowest BCUT2D eigenvalue weighted by molar-refractivity contribution is 0.0994. The highest BCUT2D eigenvalue weighted by Crippen LogP contribution is 2.23. The fraction of sp³-hybridized carbons (Fsp3) is 0.321. The number of anilines is 4. The van der Waals surface area contributed by atoms with E-state index in [4.69, 9.17) is 0 Å². The topological polar surface area (TPSA) is 95.0 Å². The monoisotopic (exact) mass is 493 g/mol. The summed E-state index contributed by atoms with van der Waals surface area (Å²) in [5, 5.41) is 6.56. The third kappa shape index (κ3) is 5.73. The van der Waals surface area contributed by atoms with Gasteiger partial charge in [-0.25, -0.2) is 19.9 Å². The molecule has 0 aliphatic carbocycles. The summed E-state index contributed by atoms with van der Waals surface area (Å²) in [6, 6.07) is 18.7. The van der Waals surface area contributed by atoms with Crippen molar-refractivity contribution >= 4 is 23.3 Å². The Morgan fingerprint density at radius 3 is 2.54 bits per heavy atom. The lowest BCUT2D eigenvalue weighted by Gasteiger charge is -2.37. The number of hydrogen-bond donors (Lipinski definition) is 2. The summed E-state index contributed by atoms with van der Waals surface area (Å²) < 4.78 is 0. The number of piperazine rings is 1. The van der Waals surface area contributed by atoms with Crippen molar-refractivity contribution in [2.75, 3.05) is 36.8 Å². The maximum Gasteiger partial charge on any atom is 0.229 e. The minimum atomic E-state index is 0.518. The SMILES string of the molecule is Cc1cccc(-c2nccc(Nc3ccnc(Nc4ccc(CN5CCN6CCCC6C5)cc4)n3)n2)n1. The Hall–Kier alpha value is -3.95. The molecule has 2 fully saturated rings. The van der Waals surface area contributed by atoms with Gasteiger partial charge in [0, 0.05) is 56.0 Å². The zero-order valence-corrected chi connectivity index (χ0v) is 21.0. The Bertz CT molecular complexity index is 1360. The second kappa shape index (κ2) is 10.6. The van der Waals surface area contributed by atoms with E-state index >= 15 is 0 Å². The first-order chi connectivity index (χ1) is 18.2. The predicted octanol–water partition coefficient (Wildman–Crippen LogP) is 4.40. The molecule has 5 heterocycles. The smallest absolute Gasteiger partial charge is 0.229 e. The number of aryl methyl sites for hydroxylation is 1. The highest BCUT2D eigenvalue weighted by atomic mass is 15.3. The molecule has 1 unspecified atom stereocenters. The molecule has 4 aromatic rings. The maximum absolute atomic E-state index is 4.60. The second-order valence-corrected chi connectivity index (χ2v) is 9.71. The zero-order chi connectivity index (χ0) is 25.0. The molecule has 2 aliphatic rings. The van der Waals surface area contributed by atoms with Crippen LogP contribution in [0.4, 0.5) is 23.3 Å². The molecule has 188 valence electrons. The molecule has 0 saturated carbocycles. The minimum absolute atomic E-state index is 0.518. The molecule has 3 aromatic heterocycles. The van der Waals surface area contributed by atoms with Crippen molar-refractivity contribution in [3.05, 3.63) is 78.2 Å². The van der Waals surface area contributed by atoms with E-state index in [9.17, 15) is 0 Å². The molecule has 0 radical (unpaired) electrons. The van der Waals surface area contributed by atoms with Gasteiger partial charge in [0.05, 0.1) is 0 Å². The van der Waals surface area contributed by atoms with Crippen LogP contribution in [0.2, 0.25) is 0 Å². The Balaban J connectivity index is 1.08. The molecule has 0 spiro atoms. The van der Waals surface area contributed by atoms with Gasteiger partial charge in [-0.3, -0.25) is 9.80 Å². The highest BCUT2D eigenvalue weighted by molar-refractivity contribution is 5.59. The summed E-state index contributed by atoms with van der Waals surface area (Å²) in [4.78, 5) is 27.7. The van der Waals surface area contributed by atoms with Gasteiger partial charge in [0.15, 0.2) is 5.82 Å². The summed E-state index contributed by atoms with van der Waals surface area (Å²) in [7, 11) is 0. The fourth-order valence-electron chi connectivity index (χ4n) is 5.12. The van der Waals surface area contributed by atoms with Gasteiger partial charge in [-0.1, -0.05) is 18.2 Å². The number of nitrogens with zero attached hydrogens (tertiary/aromatic N) is 7. The number of fused-ring (bicyclic) bond motifs is 1. The quantitative estimate of drug-likeness (QED) is 0.388. The van der Waals surface area contributed by atoms with Crippen molar-refractivity contribution in [2.24, 2.45) is 0 Å². The Kier molecular flexibility index (Phi) is 6.70. The van der Waals surface area contributed by atoms with E-state index in [1.165, 1.54) is 38.0 Å². The number of nitrogens with one attached hydrogen (secondary N) is 2. The Morgan fingerprint density at radius 2 is 1.68 bits per heavy atom. The van der Waals surface area contributed by atoms with Crippen LogP contribution in [0.5, 0.6) is 0 Å². The molecule has 6 rings (SSSR count). The van der Waals surface area contributed by atoms with Crippen molar-refractivity contribution in [1.29, 1.82) is 0 Å². The predicted molar refractivity (Wildman–Crippen MR) is 145 cm³/mol. The lowest BCUT2D eigenvalue weighted by atomic mass is 10.1. The molecule has 2 aliphatic heterocycles. The van der Waals surface area contributed by atoms with E-state index in [0.717, 1.165) is 36.2 Å². The van der Waals surface area contributed by atoms with Gasteiger partial charge < -0.3 is 10.6 Å². The van der Waals surface area contributed by atoms with Crippen LogP contribution in [0.1, 0.15) is 24.1 Å². The van der Waals surface area contributed by atoms with E-state index in [2.05, 4.69) is 69.6 Å². The van der Waals surface area contributed by atoms with E-state index in [1.807, 2.05) is 31.2 Å². The average molecular weight is 494 g/mol. The third-order valence-electron chi connectivity index (χ3n) is 6.97. The molecule has 1 atom stereocenters. The maximum atomic E-state index is 4.60. The fourth-order valence-corrected chi connectivity index (χ4v) is 5.12. The van der Waals surface area contributed by atoms with E-state index in [-0.39, 0.29) is 0 Å². The molecular weight excluding hydrogens is 462 g/mol. The average Bonchev–Trinajstić information content (AvgIpc) is 3.38. The number of hydrogen-bond acceptors (Lipinski definition) is 9. The first-order valence-electron chi connectivity index (χ1n) is 12.9. The molecule has 9 nitrogen and oxygen atoms in total. The van der Waals surface area contributed by atoms with Gasteiger partial charge in [-0.15, -0.1) is 0 Å². The number of benzene rings is 1. The second-order valence-electron chi connectivity index (χ2n) is 9.71.